The van der Waals surface area contributed by atoms with E-state index in [0.717, 1.165) is 27.5 Å². The van der Waals surface area contributed by atoms with E-state index < -0.39 is 11.7 Å². The number of pyridine rings is 1. The van der Waals surface area contributed by atoms with E-state index in [9.17, 15) is 18.0 Å². The fraction of sp³-hybridized carbons (Fsp3) is 0.350. The summed E-state index contributed by atoms with van der Waals surface area (Å²) in [5.41, 5.74) is 0.171. The maximum Gasteiger partial charge on any atom is 0.417 e. The zero-order chi connectivity index (χ0) is 20.4. The molecule has 1 saturated heterocycles. The molecular formula is C20H19F3N4OS. The number of alkyl halides is 3. The van der Waals surface area contributed by atoms with E-state index >= 15 is 0 Å². The predicted octanol–water partition coefficient (Wildman–Crippen LogP) is 4.24. The minimum absolute atomic E-state index is 0.00992. The average Bonchev–Trinajstić information content (AvgIpc) is 3.15. The van der Waals surface area contributed by atoms with E-state index in [4.69, 9.17) is 0 Å². The molecule has 5 nitrogen and oxygen atoms in total. The number of para-hydroxylation sites is 1. The SMILES string of the molecule is O=C(NCc1nc2ccccc2s1)C1CCN(c2ccc(C(F)(F)F)cn2)CC1. The molecule has 0 unspecified atom stereocenters. The van der Waals surface area contributed by atoms with Crippen LogP contribution in [0.4, 0.5) is 19.0 Å². The minimum atomic E-state index is -4.39. The van der Waals surface area contributed by atoms with Crippen LogP contribution < -0.4 is 10.2 Å². The van der Waals surface area contributed by atoms with Crippen molar-refractivity contribution in [1.82, 2.24) is 15.3 Å². The van der Waals surface area contributed by atoms with Gasteiger partial charge in [-0.15, -0.1) is 11.3 Å². The van der Waals surface area contributed by atoms with Crippen LogP contribution >= 0.6 is 11.3 Å². The minimum Gasteiger partial charge on any atom is -0.357 e. The Balaban J connectivity index is 1.29. The van der Waals surface area contributed by atoms with Crippen LogP contribution in [0.3, 0.4) is 0 Å². The van der Waals surface area contributed by atoms with Crippen molar-refractivity contribution in [2.75, 3.05) is 18.0 Å². The summed E-state index contributed by atoms with van der Waals surface area (Å²) in [7, 11) is 0. The standard InChI is InChI=1S/C20H19F3N4OS/c21-20(22,23)14-5-6-17(24-11-14)27-9-7-13(8-10-27)19(28)25-12-18-26-15-3-1-2-4-16(15)29-18/h1-6,11,13H,7-10,12H2,(H,25,28). The molecular weight excluding hydrogens is 401 g/mol. The van der Waals surface area contributed by atoms with E-state index in [1.807, 2.05) is 29.2 Å². The summed E-state index contributed by atoms with van der Waals surface area (Å²) in [5.74, 6) is 0.380. The molecule has 4 rings (SSSR count). The smallest absolute Gasteiger partial charge is 0.357 e. The highest BCUT2D eigenvalue weighted by molar-refractivity contribution is 7.18. The largest absolute Gasteiger partial charge is 0.417 e. The van der Waals surface area contributed by atoms with Crippen LogP contribution in [0, 0.1) is 5.92 Å². The van der Waals surface area contributed by atoms with E-state index in [1.165, 1.54) is 6.07 Å². The number of fused-ring (bicyclic) bond motifs is 1. The van der Waals surface area contributed by atoms with Crippen molar-refractivity contribution >= 4 is 33.3 Å². The maximum atomic E-state index is 12.7. The Bertz CT molecular complexity index is 962. The number of anilines is 1. The van der Waals surface area contributed by atoms with Crippen LogP contribution in [0.2, 0.25) is 0 Å². The van der Waals surface area contributed by atoms with Crippen LogP contribution in [0.1, 0.15) is 23.4 Å². The highest BCUT2D eigenvalue weighted by Gasteiger charge is 2.31. The van der Waals surface area contributed by atoms with Crippen molar-refractivity contribution in [3.8, 4) is 0 Å². The van der Waals surface area contributed by atoms with Gasteiger partial charge in [0.25, 0.3) is 0 Å². The lowest BCUT2D eigenvalue weighted by Gasteiger charge is -2.32. The quantitative estimate of drug-likeness (QED) is 0.686. The molecule has 0 spiro atoms. The number of benzene rings is 1. The second-order valence-electron chi connectivity index (χ2n) is 6.96. The van der Waals surface area contributed by atoms with Gasteiger partial charge in [-0.3, -0.25) is 4.79 Å². The Labute approximate surface area is 169 Å². The monoisotopic (exact) mass is 420 g/mol. The second-order valence-corrected chi connectivity index (χ2v) is 8.07. The van der Waals surface area contributed by atoms with Crippen molar-refractivity contribution in [3.05, 3.63) is 53.2 Å². The number of hydrogen-bond donors (Lipinski definition) is 1. The number of piperidine rings is 1. The number of nitrogens with zero attached hydrogens (tertiary/aromatic N) is 3. The van der Waals surface area contributed by atoms with Gasteiger partial charge in [0.1, 0.15) is 10.8 Å². The summed E-state index contributed by atoms with van der Waals surface area (Å²) in [5, 5.41) is 3.82. The summed E-state index contributed by atoms with van der Waals surface area (Å²) in [6.45, 7) is 1.56. The van der Waals surface area contributed by atoms with Crippen molar-refractivity contribution in [2.45, 2.75) is 25.6 Å². The van der Waals surface area contributed by atoms with Crippen LogP contribution in [-0.4, -0.2) is 29.0 Å². The molecule has 2 aromatic heterocycles. The lowest BCUT2D eigenvalue weighted by molar-refractivity contribution is -0.137. The van der Waals surface area contributed by atoms with E-state index in [0.29, 0.717) is 38.3 Å². The van der Waals surface area contributed by atoms with Gasteiger partial charge in [-0.25, -0.2) is 9.97 Å². The number of carbonyl (C=O) groups is 1. The molecule has 1 aromatic carbocycles. The molecule has 1 fully saturated rings. The fourth-order valence-electron chi connectivity index (χ4n) is 3.41. The van der Waals surface area contributed by atoms with E-state index in [-0.39, 0.29) is 11.8 Å². The highest BCUT2D eigenvalue weighted by Crippen LogP contribution is 2.30. The third-order valence-electron chi connectivity index (χ3n) is 5.02. The Kier molecular flexibility index (Phi) is 5.40. The number of thiazole rings is 1. The van der Waals surface area contributed by atoms with Gasteiger partial charge >= 0.3 is 6.18 Å². The number of aromatic nitrogens is 2. The van der Waals surface area contributed by atoms with Crippen LogP contribution in [0.15, 0.2) is 42.6 Å². The molecule has 0 saturated carbocycles. The first-order valence-electron chi connectivity index (χ1n) is 9.30. The van der Waals surface area contributed by atoms with Gasteiger partial charge in [0.2, 0.25) is 5.91 Å². The van der Waals surface area contributed by atoms with Gasteiger partial charge in [-0.1, -0.05) is 12.1 Å². The Morgan fingerprint density at radius 1 is 1.17 bits per heavy atom. The Morgan fingerprint density at radius 3 is 2.59 bits per heavy atom. The molecule has 3 aromatic rings. The average molecular weight is 420 g/mol. The lowest BCUT2D eigenvalue weighted by Crippen LogP contribution is -2.40. The number of hydrogen-bond acceptors (Lipinski definition) is 5. The summed E-state index contributed by atoms with van der Waals surface area (Å²) in [6.07, 6.45) is -2.27. The lowest BCUT2D eigenvalue weighted by atomic mass is 9.96. The Morgan fingerprint density at radius 2 is 1.93 bits per heavy atom. The number of carbonyl (C=O) groups excluding carboxylic acids is 1. The maximum absolute atomic E-state index is 12.7. The van der Waals surface area contributed by atoms with Gasteiger partial charge in [0.15, 0.2) is 0 Å². The fourth-order valence-corrected chi connectivity index (χ4v) is 4.32. The first kappa shape index (κ1) is 19.6. The van der Waals surface area contributed by atoms with Crippen molar-refractivity contribution in [1.29, 1.82) is 0 Å². The highest BCUT2D eigenvalue weighted by atomic mass is 32.1. The zero-order valence-corrected chi connectivity index (χ0v) is 16.3. The van der Waals surface area contributed by atoms with Crippen LogP contribution in [-0.2, 0) is 17.5 Å². The molecule has 3 heterocycles. The summed E-state index contributed by atoms with van der Waals surface area (Å²) < 4.78 is 39.1. The number of amides is 1. The zero-order valence-electron chi connectivity index (χ0n) is 15.4. The normalized spacial score (nSPS) is 15.6. The van der Waals surface area contributed by atoms with Gasteiger partial charge in [0.05, 0.1) is 22.3 Å². The number of rotatable bonds is 4. The summed E-state index contributed by atoms with van der Waals surface area (Å²) in [4.78, 5) is 22.9. The molecule has 0 atom stereocenters. The van der Waals surface area contributed by atoms with Crippen molar-refractivity contribution in [3.63, 3.8) is 0 Å². The van der Waals surface area contributed by atoms with E-state index in [1.54, 1.807) is 11.3 Å². The molecule has 29 heavy (non-hydrogen) atoms. The molecule has 152 valence electrons. The van der Waals surface area contributed by atoms with Gasteiger partial charge in [-0.05, 0) is 37.1 Å². The molecule has 1 N–H and O–H groups in total. The first-order chi connectivity index (χ1) is 13.9. The second kappa shape index (κ2) is 7.98. The van der Waals surface area contributed by atoms with Gasteiger partial charge in [0, 0.05) is 25.2 Å². The third kappa shape index (κ3) is 4.50. The number of nitrogens with one attached hydrogen (secondary N) is 1. The molecule has 1 amide bonds. The molecule has 0 radical (unpaired) electrons. The third-order valence-corrected chi connectivity index (χ3v) is 6.05. The molecule has 1 aliphatic rings. The van der Waals surface area contributed by atoms with Gasteiger partial charge in [-0.2, -0.15) is 13.2 Å². The van der Waals surface area contributed by atoms with Crippen molar-refractivity contribution < 1.29 is 18.0 Å². The van der Waals surface area contributed by atoms with Crippen LogP contribution in [0.5, 0.6) is 0 Å². The molecule has 1 aliphatic heterocycles. The van der Waals surface area contributed by atoms with Crippen LogP contribution in [0.25, 0.3) is 10.2 Å². The molecule has 9 heteroatoms. The van der Waals surface area contributed by atoms with Gasteiger partial charge < -0.3 is 10.2 Å². The first-order valence-corrected chi connectivity index (χ1v) is 10.1. The molecule has 0 bridgehead atoms. The summed E-state index contributed by atoms with van der Waals surface area (Å²) >= 11 is 1.56. The van der Waals surface area contributed by atoms with E-state index in [2.05, 4.69) is 15.3 Å². The topological polar surface area (TPSA) is 58.1 Å². The molecule has 0 aliphatic carbocycles. The summed E-state index contributed by atoms with van der Waals surface area (Å²) in [6, 6.07) is 10.3. The van der Waals surface area contributed by atoms with Crippen molar-refractivity contribution in [2.24, 2.45) is 5.92 Å². The Hall–Kier alpha value is -2.68. The predicted molar refractivity (Wildman–Crippen MR) is 106 cm³/mol. The number of halogens is 3.